The molecule has 22 nitrogen and oxygen atoms in total. The van der Waals surface area contributed by atoms with E-state index in [1.165, 1.54) is 0 Å². The first-order chi connectivity index (χ1) is 31.5. The first-order valence-corrected chi connectivity index (χ1v) is 23.9. The van der Waals surface area contributed by atoms with E-state index in [1.54, 1.807) is 17.1 Å². The molecule has 2 aromatic heterocycles. The molecule has 3 atom stereocenters. The lowest BCUT2D eigenvalue weighted by atomic mass is 10.2. The number of nitrogens with one attached hydrogen (secondary N) is 1. The molecule has 0 amide bonds. The van der Waals surface area contributed by atoms with E-state index >= 15 is 0 Å². The molecule has 0 radical (unpaired) electrons. The molecule has 5 N–H and O–H groups in total. The summed E-state index contributed by atoms with van der Waals surface area (Å²) >= 11 is 6.33. The van der Waals surface area contributed by atoms with Crippen LogP contribution in [-0.4, -0.2) is 191 Å². The van der Waals surface area contributed by atoms with Gasteiger partial charge in [-0.1, -0.05) is 25.9 Å². The highest BCUT2D eigenvalue weighted by atomic mass is 35.5. The Balaban J connectivity index is 0.00000537. The number of hydrogen-bond donors (Lipinski definition) is 4. The van der Waals surface area contributed by atoms with Crippen LogP contribution in [0.3, 0.4) is 0 Å². The highest BCUT2D eigenvalue weighted by Crippen LogP contribution is 2.33. The average molecular weight is 952 g/mol. The zero-order valence-electron chi connectivity index (χ0n) is 37.7. The third-order valence-electron chi connectivity index (χ3n) is 9.01. The van der Waals surface area contributed by atoms with Gasteiger partial charge in [-0.3, -0.25) is 4.99 Å². The van der Waals surface area contributed by atoms with E-state index in [2.05, 4.69) is 42.6 Å². The first-order valence-electron chi connectivity index (χ1n) is 22.1. The number of rotatable bonds is 37. The van der Waals surface area contributed by atoms with E-state index in [4.69, 9.17) is 79.4 Å². The standard InChI is InChI=1S/C38H65ClN9O13P.C2H6/c1-2-8-51-10-12-53-14-15-54-13-11-52-9-7-41-25-32(46-40)27-58-21-20-56-17-16-55-18-19-57-22-23-60-47-31-4-3-30(24-31)43-36-34-26-42-48(37(34)45-38(39)44-36)35-6-5-33(61-35)28-59-29-62(49)50;1-2/h25-26,30,33,35,49-50H,2-24,27-29,40H2,1H3,(H,43,44,45);1-2H3/b41-25?,46-32+,47-31+;. The van der Waals surface area contributed by atoms with E-state index in [-0.39, 0.29) is 43.2 Å². The van der Waals surface area contributed by atoms with Gasteiger partial charge < -0.3 is 73.2 Å². The smallest absolute Gasteiger partial charge is 0.226 e. The van der Waals surface area contributed by atoms with Gasteiger partial charge in [0.05, 0.1) is 136 Å². The molecule has 2 aliphatic rings. The minimum Gasteiger partial charge on any atom is -0.393 e. The summed E-state index contributed by atoms with van der Waals surface area (Å²) in [5.41, 5.74) is 2.03. The lowest BCUT2D eigenvalue weighted by molar-refractivity contribution is -0.0384. The number of fused-ring (bicyclic) bond motifs is 1. The summed E-state index contributed by atoms with van der Waals surface area (Å²) < 4.78 is 57.1. The molecule has 1 saturated heterocycles. The monoisotopic (exact) mass is 951 g/mol. The van der Waals surface area contributed by atoms with Crippen LogP contribution < -0.4 is 11.2 Å². The van der Waals surface area contributed by atoms with Crippen molar-refractivity contribution in [2.45, 2.75) is 77.7 Å². The van der Waals surface area contributed by atoms with E-state index in [1.807, 2.05) is 13.8 Å². The van der Waals surface area contributed by atoms with Gasteiger partial charge in [0.25, 0.3) is 0 Å². The molecule has 366 valence electrons. The maximum Gasteiger partial charge on any atom is 0.226 e. The minimum atomic E-state index is -2.10. The molecular weight excluding hydrogens is 881 g/mol. The van der Waals surface area contributed by atoms with Crippen molar-refractivity contribution >= 4 is 54.5 Å². The second-order valence-corrected chi connectivity index (χ2v) is 15.2. The average Bonchev–Trinajstić information content (AvgIpc) is 4.06. The zero-order valence-corrected chi connectivity index (χ0v) is 39.3. The molecule has 4 rings (SSSR count). The highest BCUT2D eigenvalue weighted by Gasteiger charge is 2.30. The Morgan fingerprint density at radius 1 is 0.844 bits per heavy atom. The molecule has 1 saturated carbocycles. The van der Waals surface area contributed by atoms with Gasteiger partial charge in [0.15, 0.2) is 20.3 Å². The largest absolute Gasteiger partial charge is 0.393 e. The summed E-state index contributed by atoms with van der Waals surface area (Å²) in [6.45, 7) is 14.7. The fraction of sp³-hybridized carbons (Fsp3) is 0.800. The van der Waals surface area contributed by atoms with Gasteiger partial charge >= 0.3 is 0 Å². The number of ether oxygens (including phenoxy) is 10. The Morgan fingerprint density at radius 2 is 1.45 bits per heavy atom. The fourth-order valence-corrected chi connectivity index (χ4v) is 6.51. The molecule has 3 unspecified atom stereocenters. The van der Waals surface area contributed by atoms with Crippen LogP contribution in [0.2, 0.25) is 5.28 Å². The highest BCUT2D eigenvalue weighted by molar-refractivity contribution is 7.44. The number of oxime groups is 1. The predicted octanol–water partition coefficient (Wildman–Crippen LogP) is 3.72. The molecule has 64 heavy (non-hydrogen) atoms. The Hall–Kier alpha value is -2.80. The molecule has 3 heterocycles. The number of halogens is 1. The summed E-state index contributed by atoms with van der Waals surface area (Å²) in [6.07, 6.45) is 7.42. The quantitative estimate of drug-likeness (QED) is 0.0188. The van der Waals surface area contributed by atoms with Crippen molar-refractivity contribution in [2.24, 2.45) is 21.1 Å². The topological polar surface area (TPSA) is 261 Å². The third-order valence-corrected chi connectivity index (χ3v) is 9.60. The summed E-state index contributed by atoms with van der Waals surface area (Å²) in [5, 5.41) is 16.8. The molecule has 0 aromatic carbocycles. The number of hydrogen-bond acceptors (Lipinski definition) is 21. The molecule has 24 heteroatoms. The Kier molecular flexibility index (Phi) is 31.5. The van der Waals surface area contributed by atoms with E-state index in [9.17, 15) is 0 Å². The molecule has 2 fully saturated rings. The van der Waals surface area contributed by atoms with Gasteiger partial charge in [0.1, 0.15) is 24.5 Å². The van der Waals surface area contributed by atoms with Crippen LogP contribution in [0.4, 0.5) is 5.82 Å². The van der Waals surface area contributed by atoms with Crippen LogP contribution in [0, 0.1) is 0 Å². The molecule has 1 aliphatic carbocycles. The summed E-state index contributed by atoms with van der Waals surface area (Å²) in [6, 6.07) is 0.0864. The molecular formula is C40H71ClN9O13P. The van der Waals surface area contributed by atoms with Gasteiger partial charge in [0.2, 0.25) is 5.28 Å². The van der Waals surface area contributed by atoms with Crippen LogP contribution in [0.15, 0.2) is 21.4 Å². The molecule has 2 aromatic rings. The van der Waals surface area contributed by atoms with Gasteiger partial charge in [-0.15, -0.1) is 0 Å². The van der Waals surface area contributed by atoms with Crippen molar-refractivity contribution in [3.05, 3.63) is 11.5 Å². The molecule has 1 aliphatic heterocycles. The van der Waals surface area contributed by atoms with Crippen molar-refractivity contribution in [1.82, 2.24) is 19.7 Å². The number of nitrogens with zero attached hydrogens (tertiary/aromatic N) is 7. The van der Waals surface area contributed by atoms with Crippen LogP contribution in [0.25, 0.3) is 11.0 Å². The van der Waals surface area contributed by atoms with Gasteiger partial charge in [-0.25, -0.2) is 4.68 Å². The zero-order chi connectivity index (χ0) is 45.9. The third kappa shape index (κ3) is 24.1. The lowest BCUT2D eigenvalue weighted by Crippen LogP contribution is -2.18. The number of nitrogens with two attached hydrogens (primary N) is 1. The van der Waals surface area contributed by atoms with Crippen molar-refractivity contribution in [3.8, 4) is 0 Å². The Morgan fingerprint density at radius 3 is 2.08 bits per heavy atom. The van der Waals surface area contributed by atoms with Crippen molar-refractivity contribution in [2.75, 3.05) is 137 Å². The number of anilines is 1. The SMILES string of the molecule is CC.CCCOCCOCCOCCOCCN=C/C(COCCOCCOCCOCCO/N=C1\CCC(Nc2nc(Cl)nc3c2cnn3C2CCC(COCP(O)O)O2)C1)=N\N. The lowest BCUT2D eigenvalue weighted by Gasteiger charge is -2.16. The summed E-state index contributed by atoms with van der Waals surface area (Å²) in [7, 11) is -2.10. The van der Waals surface area contributed by atoms with Gasteiger partial charge in [0, 0.05) is 25.3 Å². The van der Waals surface area contributed by atoms with Crippen LogP contribution in [0.1, 0.15) is 65.5 Å². The summed E-state index contributed by atoms with van der Waals surface area (Å²) in [5.74, 6) is 6.04. The second-order valence-electron chi connectivity index (χ2n) is 13.9. The van der Waals surface area contributed by atoms with Crippen molar-refractivity contribution in [3.63, 3.8) is 0 Å². The van der Waals surface area contributed by atoms with Gasteiger partial charge in [-0.2, -0.15) is 20.2 Å². The Labute approximate surface area is 382 Å². The van der Waals surface area contributed by atoms with Crippen LogP contribution in [-0.2, 0) is 52.2 Å². The molecule has 0 bridgehead atoms. The predicted molar refractivity (Wildman–Crippen MR) is 243 cm³/mol. The number of hydrazone groups is 1. The van der Waals surface area contributed by atoms with E-state index < -0.39 is 8.38 Å². The van der Waals surface area contributed by atoms with E-state index in [0.29, 0.717) is 136 Å². The van der Waals surface area contributed by atoms with Crippen molar-refractivity contribution < 1.29 is 62.0 Å². The number of aliphatic imine (C=N–C) groups is 1. The maximum atomic E-state index is 9.06. The second kappa shape index (κ2) is 36.3. The van der Waals surface area contributed by atoms with Crippen LogP contribution >= 0.6 is 20.0 Å². The molecule has 0 spiro atoms. The fourth-order valence-electron chi connectivity index (χ4n) is 6.07. The van der Waals surface area contributed by atoms with Crippen LogP contribution in [0.5, 0.6) is 0 Å². The maximum absolute atomic E-state index is 9.06. The van der Waals surface area contributed by atoms with Crippen molar-refractivity contribution in [1.29, 1.82) is 0 Å². The van der Waals surface area contributed by atoms with Gasteiger partial charge in [-0.05, 0) is 43.7 Å². The summed E-state index contributed by atoms with van der Waals surface area (Å²) in [4.78, 5) is 36.8. The van der Waals surface area contributed by atoms with E-state index in [0.717, 1.165) is 43.4 Å². The first kappa shape index (κ1) is 55.5. The minimum absolute atomic E-state index is 0.0864. The Bertz CT molecular complexity index is 1580. The number of aromatic nitrogens is 4. The normalized spacial score (nSPS) is 18.5.